The number of nitrogens with zero attached hydrogens (tertiary/aromatic N) is 1. The second kappa shape index (κ2) is 4.73. The first kappa shape index (κ1) is 12.5. The average molecular weight is 325 g/mol. The molecule has 0 unspecified atom stereocenters. The molecule has 90 valence electrons. The van der Waals surface area contributed by atoms with Gasteiger partial charge in [-0.2, -0.15) is 4.31 Å². The van der Waals surface area contributed by atoms with Crippen LogP contribution in [0.1, 0.15) is 6.92 Å². The van der Waals surface area contributed by atoms with Crippen molar-refractivity contribution in [1.29, 1.82) is 0 Å². The normalized spacial score (nSPS) is 23.5. The summed E-state index contributed by atoms with van der Waals surface area (Å²) >= 11 is 4.54. The van der Waals surface area contributed by atoms with Gasteiger partial charge < -0.3 is 5.32 Å². The summed E-state index contributed by atoms with van der Waals surface area (Å²) in [6.07, 6.45) is 0. The molecule has 0 aliphatic carbocycles. The minimum Gasteiger partial charge on any atom is -0.312 e. The Morgan fingerprint density at radius 2 is 2.31 bits per heavy atom. The van der Waals surface area contributed by atoms with Crippen LogP contribution in [0.25, 0.3) is 0 Å². The van der Waals surface area contributed by atoms with E-state index in [1.807, 2.05) is 6.92 Å². The van der Waals surface area contributed by atoms with E-state index in [0.717, 1.165) is 3.79 Å². The van der Waals surface area contributed by atoms with Crippen LogP contribution >= 0.6 is 27.3 Å². The molecule has 0 radical (unpaired) electrons. The Balaban J connectivity index is 2.25. The van der Waals surface area contributed by atoms with Crippen LogP contribution in [0, 0.1) is 0 Å². The maximum atomic E-state index is 12.2. The minimum atomic E-state index is -3.29. The monoisotopic (exact) mass is 324 g/mol. The van der Waals surface area contributed by atoms with Crippen molar-refractivity contribution < 1.29 is 8.42 Å². The van der Waals surface area contributed by atoms with Crippen LogP contribution in [-0.2, 0) is 10.0 Å². The van der Waals surface area contributed by atoms with E-state index in [0.29, 0.717) is 23.8 Å². The summed E-state index contributed by atoms with van der Waals surface area (Å²) in [5.41, 5.74) is 0. The first-order chi connectivity index (χ1) is 7.50. The zero-order valence-electron chi connectivity index (χ0n) is 8.81. The van der Waals surface area contributed by atoms with Crippen LogP contribution < -0.4 is 5.32 Å². The molecule has 0 bridgehead atoms. The van der Waals surface area contributed by atoms with Crippen LogP contribution in [0.5, 0.6) is 0 Å². The molecule has 1 saturated heterocycles. The molecular weight excluding hydrogens is 312 g/mol. The lowest BCUT2D eigenvalue weighted by Gasteiger charge is -2.30. The molecule has 0 amide bonds. The van der Waals surface area contributed by atoms with E-state index in [4.69, 9.17) is 0 Å². The van der Waals surface area contributed by atoms with E-state index in [9.17, 15) is 8.42 Å². The van der Waals surface area contributed by atoms with E-state index in [2.05, 4.69) is 21.2 Å². The topological polar surface area (TPSA) is 49.4 Å². The maximum Gasteiger partial charge on any atom is 0.252 e. The highest BCUT2D eigenvalue weighted by atomic mass is 79.9. The van der Waals surface area contributed by atoms with Crippen molar-refractivity contribution in [1.82, 2.24) is 9.62 Å². The summed E-state index contributed by atoms with van der Waals surface area (Å²) in [6, 6.07) is 3.63. The molecule has 2 rings (SSSR count). The Kier molecular flexibility index (Phi) is 3.70. The fraction of sp³-hybridized carbons (Fsp3) is 0.556. The van der Waals surface area contributed by atoms with Crippen LogP contribution in [0.2, 0.25) is 0 Å². The Bertz CT molecular complexity index is 472. The lowest BCUT2D eigenvalue weighted by molar-refractivity contribution is 0.311. The molecule has 7 heteroatoms. The Morgan fingerprint density at radius 1 is 1.56 bits per heavy atom. The molecule has 1 aliphatic rings. The van der Waals surface area contributed by atoms with Crippen LogP contribution in [0.15, 0.2) is 20.1 Å². The molecule has 16 heavy (non-hydrogen) atoms. The largest absolute Gasteiger partial charge is 0.312 e. The van der Waals surface area contributed by atoms with E-state index < -0.39 is 10.0 Å². The van der Waals surface area contributed by atoms with Gasteiger partial charge in [-0.15, -0.1) is 11.3 Å². The Morgan fingerprint density at radius 3 is 2.88 bits per heavy atom. The molecule has 1 N–H and O–H groups in total. The third kappa shape index (κ3) is 2.48. The molecule has 0 spiro atoms. The first-order valence-corrected chi connectivity index (χ1v) is 8.04. The van der Waals surface area contributed by atoms with Crippen molar-refractivity contribution in [2.45, 2.75) is 17.2 Å². The fourth-order valence-corrected chi connectivity index (χ4v) is 5.37. The van der Waals surface area contributed by atoms with Crippen molar-refractivity contribution >= 4 is 37.3 Å². The molecule has 1 atom stereocenters. The SMILES string of the molecule is C[C@@H]1CN(S(=O)(=O)c2ccc(Br)s2)CCN1. The number of piperazine rings is 1. The lowest BCUT2D eigenvalue weighted by Crippen LogP contribution is -2.51. The average Bonchev–Trinajstić information content (AvgIpc) is 2.65. The summed E-state index contributed by atoms with van der Waals surface area (Å²) < 4.78 is 27.3. The van der Waals surface area contributed by atoms with Gasteiger partial charge >= 0.3 is 0 Å². The number of sulfonamides is 1. The van der Waals surface area contributed by atoms with Crippen LogP contribution in [-0.4, -0.2) is 38.4 Å². The summed E-state index contributed by atoms with van der Waals surface area (Å²) in [5.74, 6) is 0. The van der Waals surface area contributed by atoms with Gasteiger partial charge in [-0.3, -0.25) is 0 Å². The third-order valence-corrected chi connectivity index (χ3v) is 6.43. The summed E-state index contributed by atoms with van der Waals surface area (Å²) in [5, 5.41) is 3.23. The van der Waals surface area contributed by atoms with Gasteiger partial charge in [0, 0.05) is 25.7 Å². The van der Waals surface area contributed by atoms with E-state index in [1.165, 1.54) is 11.3 Å². The molecule has 1 fully saturated rings. The highest BCUT2D eigenvalue weighted by molar-refractivity contribution is 9.11. The van der Waals surface area contributed by atoms with Crippen molar-refractivity contribution in [2.75, 3.05) is 19.6 Å². The second-order valence-corrected chi connectivity index (χ2v) is 8.40. The predicted molar refractivity (Wildman–Crippen MR) is 68.2 cm³/mol. The Labute approximate surface area is 108 Å². The lowest BCUT2D eigenvalue weighted by atomic mass is 10.3. The van der Waals surface area contributed by atoms with Gasteiger partial charge in [0.15, 0.2) is 0 Å². The molecule has 4 nitrogen and oxygen atoms in total. The summed E-state index contributed by atoms with van der Waals surface area (Å²) in [7, 11) is -3.29. The van der Waals surface area contributed by atoms with Gasteiger partial charge in [0.2, 0.25) is 0 Å². The van der Waals surface area contributed by atoms with Gasteiger partial charge in [0.25, 0.3) is 10.0 Å². The van der Waals surface area contributed by atoms with Gasteiger partial charge in [-0.1, -0.05) is 0 Å². The number of hydrogen-bond acceptors (Lipinski definition) is 4. The zero-order chi connectivity index (χ0) is 11.8. The first-order valence-electron chi connectivity index (χ1n) is 4.99. The second-order valence-electron chi connectivity index (χ2n) is 3.78. The molecule has 1 aromatic rings. The third-order valence-electron chi connectivity index (χ3n) is 2.47. The smallest absolute Gasteiger partial charge is 0.252 e. The summed E-state index contributed by atoms with van der Waals surface area (Å²) in [6.45, 7) is 3.79. The molecular formula is C9H13BrN2O2S2. The van der Waals surface area contributed by atoms with Crippen LogP contribution in [0.3, 0.4) is 0 Å². The predicted octanol–water partition coefficient (Wildman–Crippen LogP) is 1.49. The number of thiophene rings is 1. The van der Waals surface area contributed by atoms with Crippen molar-refractivity contribution in [3.8, 4) is 0 Å². The van der Waals surface area contributed by atoms with Gasteiger partial charge in [-0.25, -0.2) is 8.42 Å². The number of halogens is 1. The van der Waals surface area contributed by atoms with E-state index in [1.54, 1.807) is 16.4 Å². The van der Waals surface area contributed by atoms with Crippen molar-refractivity contribution in [3.05, 3.63) is 15.9 Å². The number of hydrogen-bond donors (Lipinski definition) is 1. The number of nitrogens with one attached hydrogen (secondary N) is 1. The maximum absolute atomic E-state index is 12.2. The highest BCUT2D eigenvalue weighted by Crippen LogP contribution is 2.28. The number of rotatable bonds is 2. The molecule has 1 aromatic heterocycles. The zero-order valence-corrected chi connectivity index (χ0v) is 12.0. The highest BCUT2D eigenvalue weighted by Gasteiger charge is 2.29. The van der Waals surface area contributed by atoms with Gasteiger partial charge in [0.1, 0.15) is 4.21 Å². The quantitative estimate of drug-likeness (QED) is 0.896. The summed E-state index contributed by atoms with van der Waals surface area (Å²) in [4.78, 5) is 0. The van der Waals surface area contributed by atoms with E-state index in [-0.39, 0.29) is 6.04 Å². The van der Waals surface area contributed by atoms with Gasteiger partial charge in [-0.05, 0) is 35.0 Å². The van der Waals surface area contributed by atoms with Crippen molar-refractivity contribution in [3.63, 3.8) is 0 Å². The Hall–Kier alpha value is 0.0500. The van der Waals surface area contributed by atoms with Crippen molar-refractivity contribution in [2.24, 2.45) is 0 Å². The molecule has 0 aromatic carbocycles. The standard InChI is InChI=1S/C9H13BrN2O2S2/c1-7-6-12(5-4-11-7)16(13,14)9-3-2-8(10)15-9/h2-3,7,11H,4-6H2,1H3/t7-/m1/s1. The molecule has 1 aliphatic heterocycles. The van der Waals surface area contributed by atoms with Crippen LogP contribution in [0.4, 0.5) is 0 Å². The molecule has 0 saturated carbocycles. The van der Waals surface area contributed by atoms with Gasteiger partial charge in [0.05, 0.1) is 3.79 Å². The van der Waals surface area contributed by atoms with E-state index >= 15 is 0 Å². The minimum absolute atomic E-state index is 0.215. The fourth-order valence-electron chi connectivity index (χ4n) is 1.68. The molecule has 2 heterocycles.